The molecule has 0 aliphatic carbocycles. The van der Waals surface area contributed by atoms with Crippen molar-refractivity contribution in [2.75, 3.05) is 26.2 Å². The normalized spacial score (nSPS) is 15.4. The molecular formula is C4H19AlN2O8P2. The first-order valence-electron chi connectivity index (χ1n) is 3.98. The van der Waals surface area contributed by atoms with Gasteiger partial charge in [0.05, 0.1) is 0 Å². The van der Waals surface area contributed by atoms with Gasteiger partial charge in [0, 0.05) is 26.2 Å². The molecule has 1 aliphatic rings. The van der Waals surface area contributed by atoms with Gasteiger partial charge in [-0.05, 0) is 0 Å². The topological polar surface area (TPSA) is 180 Å². The highest BCUT2D eigenvalue weighted by molar-refractivity contribution is 7.45. The van der Waals surface area contributed by atoms with Gasteiger partial charge < -0.3 is 40.0 Å². The lowest BCUT2D eigenvalue weighted by Gasteiger charge is -2.11. The zero-order valence-electron chi connectivity index (χ0n) is 8.22. The SMILES string of the molecule is C1CNCCN1.O=P(O)(O)O.O=P(O)(O)O.[AlH3]. The summed E-state index contributed by atoms with van der Waals surface area (Å²) in [4.78, 5) is 43.1. The van der Waals surface area contributed by atoms with Gasteiger partial charge in [-0.1, -0.05) is 0 Å². The minimum absolute atomic E-state index is 0. The van der Waals surface area contributed by atoms with Gasteiger partial charge in [-0.25, -0.2) is 9.13 Å². The summed E-state index contributed by atoms with van der Waals surface area (Å²) in [7, 11) is -9.28. The van der Waals surface area contributed by atoms with Crippen molar-refractivity contribution in [3.05, 3.63) is 0 Å². The average molecular weight is 312 g/mol. The Bertz CT molecular complexity index is 202. The first-order valence-corrected chi connectivity index (χ1v) is 7.11. The number of hydrogen-bond donors (Lipinski definition) is 8. The molecule has 0 atom stereocenters. The van der Waals surface area contributed by atoms with Crippen LogP contribution >= 0.6 is 15.6 Å². The largest absolute Gasteiger partial charge is 0.466 e. The lowest BCUT2D eigenvalue weighted by atomic mass is 10.4. The molecular weight excluding hydrogens is 293 g/mol. The molecule has 1 heterocycles. The second-order valence-electron chi connectivity index (χ2n) is 2.53. The van der Waals surface area contributed by atoms with Crippen LogP contribution in [0.25, 0.3) is 0 Å². The molecule has 0 aromatic rings. The summed E-state index contributed by atoms with van der Waals surface area (Å²) in [6, 6.07) is 0. The number of nitrogens with one attached hydrogen (secondary N) is 2. The van der Waals surface area contributed by atoms with Crippen molar-refractivity contribution < 1.29 is 38.5 Å². The van der Waals surface area contributed by atoms with E-state index >= 15 is 0 Å². The van der Waals surface area contributed by atoms with Gasteiger partial charge in [-0.3, -0.25) is 0 Å². The Labute approximate surface area is 109 Å². The number of rotatable bonds is 0. The summed E-state index contributed by atoms with van der Waals surface area (Å²) in [5.74, 6) is 0. The maximum Gasteiger partial charge on any atom is 0.466 e. The molecule has 0 saturated carbocycles. The van der Waals surface area contributed by atoms with Gasteiger partial charge in [-0.2, -0.15) is 0 Å². The quantitative estimate of drug-likeness (QED) is 0.163. The van der Waals surface area contributed by atoms with E-state index in [2.05, 4.69) is 10.6 Å². The second-order valence-corrected chi connectivity index (χ2v) is 4.58. The van der Waals surface area contributed by atoms with Crippen molar-refractivity contribution in [1.82, 2.24) is 10.6 Å². The van der Waals surface area contributed by atoms with E-state index in [4.69, 9.17) is 38.5 Å². The van der Waals surface area contributed by atoms with E-state index in [-0.39, 0.29) is 17.4 Å². The molecule has 13 heteroatoms. The van der Waals surface area contributed by atoms with Crippen LogP contribution in [-0.4, -0.2) is 72.9 Å². The fourth-order valence-corrected chi connectivity index (χ4v) is 0.604. The van der Waals surface area contributed by atoms with E-state index in [1.165, 1.54) is 0 Å². The molecule has 1 saturated heterocycles. The van der Waals surface area contributed by atoms with Crippen molar-refractivity contribution in [3.63, 3.8) is 0 Å². The van der Waals surface area contributed by atoms with Crippen molar-refractivity contribution in [3.8, 4) is 0 Å². The molecule has 0 unspecified atom stereocenters. The van der Waals surface area contributed by atoms with Crippen LogP contribution in [-0.2, 0) is 9.13 Å². The van der Waals surface area contributed by atoms with Gasteiger partial charge in [0.2, 0.25) is 0 Å². The first-order chi connectivity index (χ1) is 7.00. The fourth-order valence-electron chi connectivity index (χ4n) is 0.604. The van der Waals surface area contributed by atoms with Gasteiger partial charge in [0.15, 0.2) is 17.4 Å². The first kappa shape index (κ1) is 22.8. The fraction of sp³-hybridized carbons (Fsp3) is 1.00. The van der Waals surface area contributed by atoms with Crippen molar-refractivity contribution >= 4 is 33.0 Å². The lowest BCUT2D eigenvalue weighted by Crippen LogP contribution is -2.39. The monoisotopic (exact) mass is 312 g/mol. The number of phosphoric acid groups is 2. The Hall–Kier alpha value is 0.672. The number of hydrogen-bond acceptors (Lipinski definition) is 4. The molecule has 0 radical (unpaired) electrons. The van der Waals surface area contributed by atoms with E-state index in [0.717, 1.165) is 26.2 Å². The summed E-state index contributed by atoms with van der Waals surface area (Å²) in [6.45, 7) is 4.56. The summed E-state index contributed by atoms with van der Waals surface area (Å²) in [5, 5.41) is 6.44. The van der Waals surface area contributed by atoms with Crippen LogP contribution in [0.4, 0.5) is 0 Å². The summed E-state index contributed by atoms with van der Waals surface area (Å²) in [5.41, 5.74) is 0. The van der Waals surface area contributed by atoms with Gasteiger partial charge >= 0.3 is 15.6 Å². The van der Waals surface area contributed by atoms with Crippen LogP contribution in [0, 0.1) is 0 Å². The van der Waals surface area contributed by atoms with Crippen LogP contribution in [0.1, 0.15) is 0 Å². The summed E-state index contributed by atoms with van der Waals surface area (Å²) < 4.78 is 17.8. The van der Waals surface area contributed by atoms with Crippen LogP contribution in [0.2, 0.25) is 0 Å². The minimum atomic E-state index is -4.64. The maximum atomic E-state index is 8.88. The molecule has 1 aliphatic heterocycles. The average Bonchev–Trinajstić information content (AvgIpc) is 2.01. The van der Waals surface area contributed by atoms with E-state index in [1.807, 2.05) is 0 Å². The molecule has 0 aromatic heterocycles. The highest BCUT2D eigenvalue weighted by Gasteiger charge is 2.00. The molecule has 106 valence electrons. The van der Waals surface area contributed by atoms with E-state index in [1.54, 1.807) is 0 Å². The molecule has 10 nitrogen and oxygen atoms in total. The molecule has 0 bridgehead atoms. The third-order valence-corrected chi connectivity index (χ3v) is 0.957. The summed E-state index contributed by atoms with van der Waals surface area (Å²) >= 11 is 0. The Morgan fingerprint density at radius 2 is 0.765 bits per heavy atom. The number of piperazine rings is 1. The smallest absolute Gasteiger partial charge is 0.314 e. The highest BCUT2D eigenvalue weighted by Crippen LogP contribution is 2.26. The highest BCUT2D eigenvalue weighted by atomic mass is 31.2. The zero-order chi connectivity index (χ0) is 13.2. The van der Waals surface area contributed by atoms with Crippen LogP contribution in [0.3, 0.4) is 0 Å². The van der Waals surface area contributed by atoms with Gasteiger partial charge in [-0.15, -0.1) is 0 Å². The molecule has 0 amide bonds. The van der Waals surface area contributed by atoms with E-state index in [0.29, 0.717) is 0 Å². The lowest BCUT2D eigenvalue weighted by molar-refractivity contribution is 0.272. The Balaban J connectivity index is -0.000000170. The second kappa shape index (κ2) is 11.7. The molecule has 0 spiro atoms. The molecule has 0 aromatic carbocycles. The predicted molar refractivity (Wildman–Crippen MR) is 64.2 cm³/mol. The van der Waals surface area contributed by atoms with Crippen molar-refractivity contribution in [2.45, 2.75) is 0 Å². The van der Waals surface area contributed by atoms with Gasteiger partial charge in [0.1, 0.15) is 0 Å². The third-order valence-electron chi connectivity index (χ3n) is 0.957. The molecule has 8 N–H and O–H groups in total. The predicted octanol–water partition coefficient (Wildman–Crippen LogP) is -3.86. The Morgan fingerprint density at radius 1 is 0.647 bits per heavy atom. The molecule has 17 heavy (non-hydrogen) atoms. The van der Waals surface area contributed by atoms with Gasteiger partial charge in [0.25, 0.3) is 0 Å². The zero-order valence-corrected chi connectivity index (χ0v) is 10.0. The third kappa shape index (κ3) is 80.6. The standard InChI is InChI=1S/C4H10N2.Al.2H3O4P.3H/c1-2-6-4-3-5-1;;2*1-5(2,3)4;;;/h5-6H,1-4H2;;2*(H3,1,2,3,4);;;. The van der Waals surface area contributed by atoms with E-state index < -0.39 is 15.6 Å². The van der Waals surface area contributed by atoms with Crippen molar-refractivity contribution in [2.24, 2.45) is 0 Å². The Morgan fingerprint density at radius 3 is 0.824 bits per heavy atom. The molecule has 1 rings (SSSR count). The summed E-state index contributed by atoms with van der Waals surface area (Å²) in [6.07, 6.45) is 0. The van der Waals surface area contributed by atoms with Crippen LogP contribution in [0.15, 0.2) is 0 Å². The van der Waals surface area contributed by atoms with Crippen molar-refractivity contribution in [1.29, 1.82) is 0 Å². The maximum absolute atomic E-state index is 8.88. The van der Waals surface area contributed by atoms with Crippen LogP contribution < -0.4 is 10.6 Å². The molecule has 1 fully saturated rings. The van der Waals surface area contributed by atoms with E-state index in [9.17, 15) is 0 Å². The van der Waals surface area contributed by atoms with Crippen LogP contribution in [0.5, 0.6) is 0 Å². The minimum Gasteiger partial charge on any atom is -0.314 e. The Kier molecular flexibility index (Phi) is 15.8.